The highest BCUT2D eigenvalue weighted by atomic mass is 32.2. The van der Waals surface area contributed by atoms with Crippen molar-refractivity contribution in [1.29, 1.82) is 0 Å². The molecule has 2 aromatic rings. The molecule has 2 aliphatic heterocycles. The first-order valence-electron chi connectivity index (χ1n) is 8.50. The number of halogens is 1. The van der Waals surface area contributed by atoms with Gasteiger partial charge in [-0.3, -0.25) is 14.6 Å². The summed E-state index contributed by atoms with van der Waals surface area (Å²) >= 11 is 1.70. The summed E-state index contributed by atoms with van der Waals surface area (Å²) in [5.74, 6) is -0.424. The second-order valence-corrected chi connectivity index (χ2v) is 7.40. The summed E-state index contributed by atoms with van der Waals surface area (Å²) in [6, 6.07) is 12.5. The average molecular weight is 384 g/mol. The number of para-hydroxylation sites is 1. The lowest BCUT2D eigenvalue weighted by Gasteiger charge is -2.28. The van der Waals surface area contributed by atoms with Gasteiger partial charge in [0.25, 0.3) is 5.91 Å². The molecule has 4 rings (SSSR count). The lowest BCUT2D eigenvalue weighted by atomic mass is 10.1. The number of thioether (sulfide) groups is 1. The van der Waals surface area contributed by atoms with E-state index in [2.05, 4.69) is 5.10 Å². The molecule has 138 valence electrons. The van der Waals surface area contributed by atoms with Crippen molar-refractivity contribution in [2.45, 2.75) is 17.4 Å². The van der Waals surface area contributed by atoms with E-state index in [9.17, 15) is 14.0 Å². The van der Waals surface area contributed by atoms with Gasteiger partial charge in [0.2, 0.25) is 5.91 Å². The van der Waals surface area contributed by atoms with Gasteiger partial charge < -0.3 is 10.6 Å². The number of benzene rings is 2. The van der Waals surface area contributed by atoms with Crippen molar-refractivity contribution in [1.82, 2.24) is 0 Å². The maximum absolute atomic E-state index is 13.2. The van der Waals surface area contributed by atoms with Gasteiger partial charge in [0.05, 0.1) is 11.4 Å². The smallest absolute Gasteiger partial charge is 0.274 e. The van der Waals surface area contributed by atoms with Crippen molar-refractivity contribution in [2.75, 3.05) is 22.2 Å². The molecule has 0 saturated heterocycles. The molecule has 0 saturated carbocycles. The Bertz CT molecular complexity index is 932. The molecule has 1 atom stereocenters. The maximum atomic E-state index is 13.2. The summed E-state index contributed by atoms with van der Waals surface area (Å²) in [5, 5.41) is 5.77. The highest BCUT2D eigenvalue weighted by Crippen LogP contribution is 2.35. The van der Waals surface area contributed by atoms with Gasteiger partial charge >= 0.3 is 0 Å². The van der Waals surface area contributed by atoms with E-state index in [-0.39, 0.29) is 18.0 Å². The summed E-state index contributed by atoms with van der Waals surface area (Å²) in [6.45, 7) is 0.567. The van der Waals surface area contributed by atoms with Gasteiger partial charge in [-0.1, -0.05) is 12.1 Å². The van der Waals surface area contributed by atoms with Gasteiger partial charge in [-0.15, -0.1) is 11.8 Å². The average Bonchev–Trinajstić information content (AvgIpc) is 3.13. The Balaban J connectivity index is 1.65. The van der Waals surface area contributed by atoms with Crippen molar-refractivity contribution >= 4 is 40.7 Å². The number of hydrogen-bond donors (Lipinski definition) is 1. The topological polar surface area (TPSA) is 79.0 Å². The van der Waals surface area contributed by atoms with Crippen LogP contribution in [0.5, 0.6) is 0 Å². The third kappa shape index (κ3) is 3.28. The van der Waals surface area contributed by atoms with Gasteiger partial charge in [-0.25, -0.2) is 4.39 Å². The fourth-order valence-electron chi connectivity index (χ4n) is 3.23. The number of anilines is 2. The summed E-state index contributed by atoms with van der Waals surface area (Å²) in [4.78, 5) is 27.7. The van der Waals surface area contributed by atoms with Crippen LogP contribution < -0.4 is 15.6 Å². The van der Waals surface area contributed by atoms with Crippen LogP contribution in [0.4, 0.5) is 15.8 Å². The van der Waals surface area contributed by atoms with Gasteiger partial charge in [0, 0.05) is 23.6 Å². The van der Waals surface area contributed by atoms with Crippen molar-refractivity contribution in [3.05, 3.63) is 54.3 Å². The van der Waals surface area contributed by atoms with Crippen LogP contribution in [0.1, 0.15) is 6.42 Å². The molecule has 2 N–H and O–H groups in total. The fraction of sp³-hybridized carbons (Fsp3) is 0.211. The van der Waals surface area contributed by atoms with E-state index in [0.29, 0.717) is 12.2 Å². The van der Waals surface area contributed by atoms with E-state index in [1.807, 2.05) is 24.3 Å². The number of rotatable bonds is 3. The summed E-state index contributed by atoms with van der Waals surface area (Å²) < 4.78 is 13.2. The standard InChI is InChI=1S/C19H17FN4O2S/c20-12-5-7-13(8-6-12)24-16(18(21)25)11-14(22-24)19(26)23-9-10-27-17-4-2-1-3-15(17)23/h1-8,16H,9-11H2,(H2,21,25). The first-order chi connectivity index (χ1) is 13.0. The second-order valence-electron chi connectivity index (χ2n) is 6.26. The number of nitrogens with zero attached hydrogens (tertiary/aromatic N) is 3. The fourth-order valence-corrected chi connectivity index (χ4v) is 4.22. The maximum Gasteiger partial charge on any atom is 0.274 e. The molecule has 8 heteroatoms. The Labute approximate surface area is 159 Å². The van der Waals surface area contributed by atoms with Crippen LogP contribution in [0.3, 0.4) is 0 Å². The lowest BCUT2D eigenvalue weighted by Crippen LogP contribution is -2.41. The second kappa shape index (κ2) is 7.03. The van der Waals surface area contributed by atoms with Crippen molar-refractivity contribution in [2.24, 2.45) is 10.8 Å². The van der Waals surface area contributed by atoms with Crippen LogP contribution in [0.15, 0.2) is 58.5 Å². The minimum absolute atomic E-state index is 0.122. The van der Waals surface area contributed by atoms with Gasteiger partial charge in [0.15, 0.2) is 0 Å². The van der Waals surface area contributed by atoms with Crippen LogP contribution >= 0.6 is 11.8 Å². The molecule has 0 aliphatic carbocycles. The van der Waals surface area contributed by atoms with Crippen LogP contribution in [0, 0.1) is 5.82 Å². The SMILES string of the molecule is NC(=O)C1CC(C(=O)N2CCSc3ccccc32)=NN1c1ccc(F)cc1. The zero-order chi connectivity index (χ0) is 19.0. The molecule has 0 aromatic heterocycles. The molecule has 2 aromatic carbocycles. The Morgan fingerprint density at radius 1 is 1.15 bits per heavy atom. The predicted molar refractivity (Wildman–Crippen MR) is 103 cm³/mol. The molecule has 2 heterocycles. The highest BCUT2D eigenvalue weighted by molar-refractivity contribution is 7.99. The Hall–Kier alpha value is -2.87. The molecular weight excluding hydrogens is 367 g/mol. The van der Waals surface area contributed by atoms with Crippen molar-refractivity contribution in [3.8, 4) is 0 Å². The third-order valence-corrected chi connectivity index (χ3v) is 5.59. The number of nitrogens with two attached hydrogens (primary N) is 1. The number of hydrogen-bond acceptors (Lipinski definition) is 5. The number of fused-ring (bicyclic) bond motifs is 1. The largest absolute Gasteiger partial charge is 0.368 e. The molecular formula is C19H17FN4O2S. The van der Waals surface area contributed by atoms with Crippen molar-refractivity contribution < 1.29 is 14.0 Å². The van der Waals surface area contributed by atoms with E-state index in [1.165, 1.54) is 29.3 Å². The molecule has 0 spiro atoms. The van der Waals surface area contributed by atoms with Crippen LogP contribution in [0.2, 0.25) is 0 Å². The van der Waals surface area contributed by atoms with Gasteiger partial charge in [-0.05, 0) is 36.4 Å². The van der Waals surface area contributed by atoms with E-state index < -0.39 is 17.8 Å². The lowest BCUT2D eigenvalue weighted by molar-refractivity contribution is -0.119. The number of carbonyl (C=O) groups excluding carboxylic acids is 2. The first kappa shape index (κ1) is 17.5. The Kier molecular flexibility index (Phi) is 4.57. The number of hydrazone groups is 1. The zero-order valence-corrected chi connectivity index (χ0v) is 15.2. The summed E-state index contributed by atoms with van der Waals surface area (Å²) in [5.41, 5.74) is 7.14. The quantitative estimate of drug-likeness (QED) is 0.881. The number of primary amides is 1. The summed E-state index contributed by atoms with van der Waals surface area (Å²) in [6.07, 6.45) is 0.122. The van der Waals surface area contributed by atoms with Gasteiger partial charge in [0.1, 0.15) is 17.6 Å². The zero-order valence-electron chi connectivity index (χ0n) is 14.3. The van der Waals surface area contributed by atoms with E-state index in [0.717, 1.165) is 16.3 Å². The van der Waals surface area contributed by atoms with Gasteiger partial charge in [-0.2, -0.15) is 5.10 Å². The molecule has 27 heavy (non-hydrogen) atoms. The van der Waals surface area contributed by atoms with E-state index in [1.54, 1.807) is 16.7 Å². The molecule has 2 aliphatic rings. The Morgan fingerprint density at radius 2 is 1.89 bits per heavy atom. The van der Waals surface area contributed by atoms with E-state index in [4.69, 9.17) is 5.73 Å². The minimum atomic E-state index is -0.774. The van der Waals surface area contributed by atoms with Crippen LogP contribution in [-0.2, 0) is 9.59 Å². The first-order valence-corrected chi connectivity index (χ1v) is 9.48. The van der Waals surface area contributed by atoms with Crippen LogP contribution in [-0.4, -0.2) is 35.9 Å². The molecule has 0 radical (unpaired) electrons. The molecule has 1 unspecified atom stereocenters. The normalized spacial score (nSPS) is 18.9. The van der Waals surface area contributed by atoms with E-state index >= 15 is 0 Å². The number of amides is 2. The van der Waals surface area contributed by atoms with Crippen molar-refractivity contribution in [3.63, 3.8) is 0 Å². The third-order valence-electron chi connectivity index (χ3n) is 4.55. The minimum Gasteiger partial charge on any atom is -0.368 e. The molecule has 2 amide bonds. The highest BCUT2D eigenvalue weighted by Gasteiger charge is 2.37. The summed E-state index contributed by atoms with van der Waals surface area (Å²) in [7, 11) is 0. The number of carbonyl (C=O) groups is 2. The van der Waals surface area contributed by atoms with Crippen LogP contribution in [0.25, 0.3) is 0 Å². The molecule has 6 nitrogen and oxygen atoms in total. The molecule has 0 fully saturated rings. The monoisotopic (exact) mass is 384 g/mol. The Morgan fingerprint density at radius 3 is 2.63 bits per heavy atom. The predicted octanol–water partition coefficient (Wildman–Crippen LogP) is 2.38. The molecule has 0 bridgehead atoms.